The fourth-order valence-electron chi connectivity index (χ4n) is 2.30. The normalized spacial score (nSPS) is 12.7. The second kappa shape index (κ2) is 6.27. The third-order valence-electron chi connectivity index (χ3n) is 3.90. The fourth-order valence-corrected chi connectivity index (χ4v) is 3.29. The zero-order valence-electron chi connectivity index (χ0n) is 13.9. The Bertz CT molecular complexity index is 1000. The van der Waals surface area contributed by atoms with Crippen LogP contribution in [0.1, 0.15) is 20.3 Å². The lowest BCUT2D eigenvalue weighted by molar-refractivity contribution is 0.576. The largest absolute Gasteiger partial charge is 0.461 e. The summed E-state index contributed by atoms with van der Waals surface area (Å²) in [6.45, 7) is 4.14. The van der Waals surface area contributed by atoms with Crippen LogP contribution in [0.15, 0.2) is 37.4 Å². The molecule has 0 aliphatic heterocycles. The van der Waals surface area contributed by atoms with Crippen molar-refractivity contribution >= 4 is 22.8 Å². The molecule has 126 valence electrons. The highest BCUT2D eigenvalue weighted by molar-refractivity contribution is 8.00. The van der Waals surface area contributed by atoms with E-state index in [-0.39, 0.29) is 10.8 Å². The first kappa shape index (κ1) is 16.5. The van der Waals surface area contributed by atoms with Gasteiger partial charge in [0, 0.05) is 19.3 Å². The van der Waals surface area contributed by atoms with Crippen molar-refractivity contribution in [1.29, 1.82) is 0 Å². The van der Waals surface area contributed by atoms with Gasteiger partial charge in [-0.05, 0) is 18.6 Å². The predicted molar refractivity (Wildman–Crippen MR) is 93.3 cm³/mol. The van der Waals surface area contributed by atoms with Crippen molar-refractivity contribution in [2.24, 2.45) is 14.1 Å². The third kappa shape index (κ3) is 2.66. The molecular weight excluding hydrogens is 328 g/mol. The summed E-state index contributed by atoms with van der Waals surface area (Å²) in [5, 5.41) is 1.20. The zero-order valence-corrected chi connectivity index (χ0v) is 14.8. The van der Waals surface area contributed by atoms with E-state index in [0.717, 1.165) is 11.0 Å². The lowest BCUT2D eigenvalue weighted by atomic mass is 10.3. The molecule has 3 heterocycles. The van der Waals surface area contributed by atoms with Gasteiger partial charge in [-0.15, -0.1) is 11.8 Å². The van der Waals surface area contributed by atoms with Crippen molar-refractivity contribution in [2.75, 3.05) is 0 Å². The lowest BCUT2D eigenvalue weighted by Gasteiger charge is -2.13. The van der Waals surface area contributed by atoms with E-state index in [1.807, 2.05) is 0 Å². The molecule has 1 atom stereocenters. The number of thioether (sulfide) groups is 1. The van der Waals surface area contributed by atoms with Crippen LogP contribution in [0, 0.1) is 0 Å². The van der Waals surface area contributed by atoms with Gasteiger partial charge in [0.25, 0.3) is 5.56 Å². The number of fused-ring (bicyclic) bond motifs is 1. The summed E-state index contributed by atoms with van der Waals surface area (Å²) < 4.78 is 7.82. The maximum absolute atomic E-state index is 12.6. The standard InChI is InChI=1S/C16H18N4O3S/c1-5-9(2)24-14-11-13(19(3)16(22)20(4)15(11)21)17-12(18-14)10-7-6-8-23-10/h6-9H,5H2,1-4H3. The monoisotopic (exact) mass is 346 g/mol. The van der Waals surface area contributed by atoms with Crippen LogP contribution >= 0.6 is 11.8 Å². The van der Waals surface area contributed by atoms with E-state index in [1.54, 1.807) is 19.2 Å². The van der Waals surface area contributed by atoms with Gasteiger partial charge in [0.2, 0.25) is 0 Å². The minimum atomic E-state index is -0.420. The summed E-state index contributed by atoms with van der Waals surface area (Å²) in [4.78, 5) is 33.8. The summed E-state index contributed by atoms with van der Waals surface area (Å²) >= 11 is 1.50. The molecule has 0 aromatic carbocycles. The molecule has 3 rings (SSSR count). The van der Waals surface area contributed by atoms with Crippen LogP contribution in [0.5, 0.6) is 0 Å². The molecule has 1 unspecified atom stereocenters. The van der Waals surface area contributed by atoms with E-state index in [0.29, 0.717) is 27.6 Å². The number of hydrogen-bond acceptors (Lipinski definition) is 6. The number of aryl methyl sites for hydroxylation is 1. The van der Waals surface area contributed by atoms with Gasteiger partial charge in [0.05, 0.1) is 6.26 Å². The minimum absolute atomic E-state index is 0.273. The fraction of sp³-hybridized carbons (Fsp3) is 0.375. The lowest BCUT2D eigenvalue weighted by Crippen LogP contribution is -2.37. The summed E-state index contributed by atoms with van der Waals surface area (Å²) in [6.07, 6.45) is 2.46. The third-order valence-corrected chi connectivity index (χ3v) is 5.15. The summed E-state index contributed by atoms with van der Waals surface area (Å²) in [5.74, 6) is 0.859. The van der Waals surface area contributed by atoms with E-state index >= 15 is 0 Å². The SMILES string of the molecule is CCC(C)Sc1nc(-c2ccco2)nc2c1c(=O)n(C)c(=O)n2C. The van der Waals surface area contributed by atoms with Gasteiger partial charge < -0.3 is 4.42 Å². The zero-order chi connectivity index (χ0) is 17.4. The average molecular weight is 346 g/mol. The van der Waals surface area contributed by atoms with Crippen molar-refractivity contribution in [3.63, 3.8) is 0 Å². The first-order valence-corrected chi connectivity index (χ1v) is 8.50. The van der Waals surface area contributed by atoms with Crippen molar-refractivity contribution < 1.29 is 4.42 Å². The molecule has 8 heteroatoms. The smallest absolute Gasteiger partial charge is 0.332 e. The second-order valence-corrected chi connectivity index (χ2v) is 7.00. The van der Waals surface area contributed by atoms with E-state index in [1.165, 1.54) is 29.6 Å². The van der Waals surface area contributed by atoms with Gasteiger partial charge in [0.15, 0.2) is 17.2 Å². The molecule has 3 aromatic rings. The molecule has 0 saturated heterocycles. The van der Waals surface area contributed by atoms with Gasteiger partial charge in [0.1, 0.15) is 10.4 Å². The molecule has 0 spiro atoms. The Hall–Kier alpha value is -2.35. The van der Waals surface area contributed by atoms with Crippen LogP contribution < -0.4 is 11.2 Å². The summed E-state index contributed by atoms with van der Waals surface area (Å²) in [5.41, 5.74) is -0.490. The number of rotatable bonds is 4. The van der Waals surface area contributed by atoms with Gasteiger partial charge in [-0.2, -0.15) is 0 Å². The van der Waals surface area contributed by atoms with Crippen molar-refractivity contribution in [1.82, 2.24) is 19.1 Å². The first-order valence-electron chi connectivity index (χ1n) is 7.62. The Morgan fingerprint density at radius 2 is 2.00 bits per heavy atom. The molecule has 0 fully saturated rings. The van der Waals surface area contributed by atoms with Gasteiger partial charge >= 0.3 is 5.69 Å². The Kier molecular flexibility index (Phi) is 4.31. The van der Waals surface area contributed by atoms with Gasteiger partial charge in [-0.3, -0.25) is 13.9 Å². The summed E-state index contributed by atoms with van der Waals surface area (Å²) in [6, 6.07) is 3.49. The van der Waals surface area contributed by atoms with Gasteiger partial charge in [-0.25, -0.2) is 14.8 Å². The second-order valence-electron chi connectivity index (χ2n) is 5.57. The molecule has 7 nitrogen and oxygen atoms in total. The summed E-state index contributed by atoms with van der Waals surface area (Å²) in [7, 11) is 3.06. The Morgan fingerprint density at radius 3 is 2.62 bits per heavy atom. The molecule has 0 aliphatic rings. The molecule has 0 N–H and O–H groups in total. The number of furan rings is 1. The van der Waals surface area contributed by atoms with Crippen LogP contribution in [0.4, 0.5) is 0 Å². The van der Waals surface area contributed by atoms with Gasteiger partial charge in [-0.1, -0.05) is 13.8 Å². The first-order chi connectivity index (χ1) is 11.4. The van der Waals surface area contributed by atoms with Crippen LogP contribution in [-0.4, -0.2) is 24.4 Å². The molecule has 0 aliphatic carbocycles. The predicted octanol–water partition coefficient (Wildman–Crippen LogP) is 2.18. The Balaban J connectivity index is 2.40. The van der Waals surface area contributed by atoms with E-state index in [4.69, 9.17) is 4.42 Å². The van der Waals surface area contributed by atoms with E-state index in [2.05, 4.69) is 23.8 Å². The van der Waals surface area contributed by atoms with Crippen LogP contribution in [0.25, 0.3) is 22.6 Å². The molecule has 0 saturated carbocycles. The van der Waals surface area contributed by atoms with Crippen molar-refractivity contribution in [3.8, 4) is 11.6 Å². The van der Waals surface area contributed by atoms with Crippen LogP contribution in [0.2, 0.25) is 0 Å². The Morgan fingerprint density at radius 1 is 1.25 bits per heavy atom. The number of aromatic nitrogens is 4. The molecule has 3 aromatic heterocycles. The molecular formula is C16H18N4O3S. The highest BCUT2D eigenvalue weighted by Crippen LogP contribution is 2.29. The van der Waals surface area contributed by atoms with Crippen molar-refractivity contribution in [3.05, 3.63) is 39.2 Å². The maximum Gasteiger partial charge on any atom is 0.332 e. The highest BCUT2D eigenvalue weighted by Gasteiger charge is 2.20. The molecule has 0 bridgehead atoms. The highest BCUT2D eigenvalue weighted by atomic mass is 32.2. The Labute approximate surface area is 142 Å². The molecule has 24 heavy (non-hydrogen) atoms. The quantitative estimate of drug-likeness (QED) is 0.532. The van der Waals surface area contributed by atoms with Crippen LogP contribution in [0.3, 0.4) is 0 Å². The maximum atomic E-state index is 12.6. The van der Waals surface area contributed by atoms with Crippen molar-refractivity contribution in [2.45, 2.75) is 30.5 Å². The number of nitrogens with zero attached hydrogens (tertiary/aromatic N) is 4. The molecule has 0 radical (unpaired) electrons. The topological polar surface area (TPSA) is 82.9 Å². The van der Waals surface area contributed by atoms with E-state index < -0.39 is 5.69 Å². The average Bonchev–Trinajstić information content (AvgIpc) is 3.11. The number of hydrogen-bond donors (Lipinski definition) is 0. The minimum Gasteiger partial charge on any atom is -0.461 e. The molecule has 0 amide bonds. The van der Waals surface area contributed by atoms with E-state index in [9.17, 15) is 9.59 Å². The van der Waals surface area contributed by atoms with Crippen LogP contribution in [-0.2, 0) is 14.1 Å².